The largest absolute Gasteiger partial charge is 0.458 e. The fourth-order valence-electron chi connectivity index (χ4n) is 2.38. The molecule has 0 aromatic carbocycles. The van der Waals surface area contributed by atoms with E-state index in [2.05, 4.69) is 0 Å². The number of halogens is 3. The molecule has 0 aromatic rings. The molecule has 0 atom stereocenters. The minimum Gasteiger partial charge on any atom is -0.458 e. The number of ether oxygens (including phenoxy) is 1. The van der Waals surface area contributed by atoms with E-state index >= 15 is 0 Å². The molecule has 0 radical (unpaired) electrons. The zero-order chi connectivity index (χ0) is 14.9. The average Bonchev–Trinajstić information content (AvgIpc) is 2.28. The lowest BCUT2D eigenvalue weighted by molar-refractivity contribution is -0.236. The molecule has 0 spiro atoms. The fourth-order valence-corrected chi connectivity index (χ4v) is 2.38. The van der Waals surface area contributed by atoms with Crippen molar-refractivity contribution >= 4 is 5.97 Å². The molecule has 2 nitrogen and oxygen atoms in total. The Balaban J connectivity index is 2.89. The van der Waals surface area contributed by atoms with Crippen LogP contribution in [0.25, 0.3) is 0 Å². The summed E-state index contributed by atoms with van der Waals surface area (Å²) >= 11 is 0. The normalized spacial score (nSPS) is 20.4. The third-order valence-corrected chi connectivity index (χ3v) is 4.27. The molecule has 1 aliphatic carbocycles. The second-order valence-corrected chi connectivity index (χ2v) is 6.29. The average molecular weight is 280 g/mol. The molecule has 112 valence electrons. The van der Waals surface area contributed by atoms with E-state index in [1.807, 2.05) is 13.8 Å². The van der Waals surface area contributed by atoms with Gasteiger partial charge in [-0.05, 0) is 45.4 Å². The van der Waals surface area contributed by atoms with Crippen LogP contribution in [0, 0.1) is 11.3 Å². The number of hydrogen-bond acceptors (Lipinski definition) is 2. The quantitative estimate of drug-likeness (QED) is 0.713. The lowest BCUT2D eigenvalue weighted by atomic mass is 9.76. The summed E-state index contributed by atoms with van der Waals surface area (Å²) in [7, 11) is 0. The molecular formula is C14H23F3O2. The summed E-state index contributed by atoms with van der Waals surface area (Å²) in [5, 5.41) is 0. The summed E-state index contributed by atoms with van der Waals surface area (Å²) < 4.78 is 44.0. The van der Waals surface area contributed by atoms with Gasteiger partial charge in [0, 0.05) is 0 Å². The number of hydrogen-bond donors (Lipinski definition) is 0. The maximum absolute atomic E-state index is 12.9. The van der Waals surface area contributed by atoms with E-state index in [0.717, 1.165) is 33.1 Å². The van der Waals surface area contributed by atoms with E-state index in [0.29, 0.717) is 12.8 Å². The van der Waals surface area contributed by atoms with E-state index in [-0.39, 0.29) is 5.92 Å². The van der Waals surface area contributed by atoms with Crippen LogP contribution in [0.5, 0.6) is 0 Å². The number of rotatable bonds is 3. The Morgan fingerprint density at radius 2 is 1.58 bits per heavy atom. The molecule has 1 rings (SSSR count). The predicted octanol–water partition coefficient (Wildman–Crippen LogP) is 4.48. The first-order valence-electron chi connectivity index (χ1n) is 6.83. The van der Waals surface area contributed by atoms with Gasteiger partial charge in [0.05, 0.1) is 0 Å². The van der Waals surface area contributed by atoms with Crippen LogP contribution >= 0.6 is 0 Å². The Bertz CT molecular complexity index is 326. The first-order chi connectivity index (χ1) is 8.53. The summed E-state index contributed by atoms with van der Waals surface area (Å²) in [6.07, 6.45) is -0.421. The molecule has 1 saturated carbocycles. The minimum absolute atomic E-state index is 0.0285. The van der Waals surface area contributed by atoms with E-state index in [1.165, 1.54) is 0 Å². The first-order valence-corrected chi connectivity index (χ1v) is 6.83. The van der Waals surface area contributed by atoms with Gasteiger partial charge in [0.2, 0.25) is 0 Å². The van der Waals surface area contributed by atoms with Gasteiger partial charge in [0.1, 0.15) is 5.60 Å². The van der Waals surface area contributed by atoms with Crippen molar-refractivity contribution in [2.75, 3.05) is 0 Å². The highest BCUT2D eigenvalue weighted by atomic mass is 19.4. The van der Waals surface area contributed by atoms with E-state index in [9.17, 15) is 18.0 Å². The molecule has 0 aliphatic heterocycles. The zero-order valence-corrected chi connectivity index (χ0v) is 12.1. The number of carbonyl (C=O) groups is 1. The van der Waals surface area contributed by atoms with Gasteiger partial charge >= 0.3 is 12.1 Å². The van der Waals surface area contributed by atoms with Gasteiger partial charge in [0.25, 0.3) is 0 Å². The second kappa shape index (κ2) is 5.33. The van der Waals surface area contributed by atoms with Crippen LogP contribution in [-0.2, 0) is 9.53 Å². The Morgan fingerprint density at radius 3 is 1.95 bits per heavy atom. The van der Waals surface area contributed by atoms with E-state index in [1.54, 1.807) is 0 Å². The minimum atomic E-state index is -4.59. The SMILES string of the molecule is CC(C)C1(OC(=O)C(C)(C)C(F)(F)F)CCCCC1. The van der Waals surface area contributed by atoms with Crippen LogP contribution < -0.4 is 0 Å². The predicted molar refractivity (Wildman–Crippen MR) is 66.6 cm³/mol. The van der Waals surface area contributed by atoms with Gasteiger partial charge in [-0.25, -0.2) is 0 Å². The zero-order valence-electron chi connectivity index (χ0n) is 12.1. The Kier molecular flexibility index (Phi) is 4.58. The van der Waals surface area contributed by atoms with Crippen molar-refractivity contribution in [3.8, 4) is 0 Å². The molecule has 0 amide bonds. The molecule has 19 heavy (non-hydrogen) atoms. The Hall–Kier alpha value is -0.740. The van der Waals surface area contributed by atoms with Gasteiger partial charge in [0.15, 0.2) is 5.41 Å². The van der Waals surface area contributed by atoms with Crippen molar-refractivity contribution in [3.05, 3.63) is 0 Å². The summed E-state index contributed by atoms with van der Waals surface area (Å²) in [6, 6.07) is 0. The van der Waals surface area contributed by atoms with Gasteiger partial charge in [-0.3, -0.25) is 4.79 Å². The van der Waals surface area contributed by atoms with E-state index in [4.69, 9.17) is 4.74 Å². The van der Waals surface area contributed by atoms with Gasteiger partial charge in [-0.1, -0.05) is 20.3 Å². The third-order valence-electron chi connectivity index (χ3n) is 4.27. The highest BCUT2D eigenvalue weighted by Crippen LogP contribution is 2.43. The molecule has 5 heteroatoms. The van der Waals surface area contributed by atoms with Crippen molar-refractivity contribution in [2.24, 2.45) is 11.3 Å². The molecular weight excluding hydrogens is 257 g/mol. The molecule has 0 bridgehead atoms. The number of carbonyl (C=O) groups excluding carboxylic acids is 1. The first kappa shape index (κ1) is 16.3. The summed E-state index contributed by atoms with van der Waals surface area (Å²) in [5.74, 6) is -1.13. The van der Waals surface area contributed by atoms with Crippen molar-refractivity contribution in [1.82, 2.24) is 0 Å². The smallest absolute Gasteiger partial charge is 0.404 e. The standard InChI is InChI=1S/C14H23F3O2/c1-10(2)13(8-6-5-7-9-13)19-11(18)12(3,4)14(15,16)17/h10H,5-9H2,1-4H3. The monoisotopic (exact) mass is 280 g/mol. The van der Waals surface area contributed by atoms with Crippen LogP contribution in [0.4, 0.5) is 13.2 Å². The number of esters is 1. The van der Waals surface area contributed by atoms with Crippen molar-refractivity contribution in [1.29, 1.82) is 0 Å². The van der Waals surface area contributed by atoms with Crippen molar-refractivity contribution < 1.29 is 22.7 Å². The van der Waals surface area contributed by atoms with E-state index < -0.39 is 23.2 Å². The van der Waals surface area contributed by atoms with Crippen LogP contribution in [0.15, 0.2) is 0 Å². The fraction of sp³-hybridized carbons (Fsp3) is 0.929. The number of alkyl halides is 3. The van der Waals surface area contributed by atoms with Crippen molar-refractivity contribution in [2.45, 2.75) is 71.6 Å². The molecule has 0 unspecified atom stereocenters. The molecule has 0 heterocycles. The van der Waals surface area contributed by atoms with Gasteiger partial charge in [-0.2, -0.15) is 13.2 Å². The molecule has 0 N–H and O–H groups in total. The Morgan fingerprint density at radius 1 is 1.11 bits per heavy atom. The highest BCUT2D eigenvalue weighted by molar-refractivity contribution is 5.77. The summed E-state index contributed by atoms with van der Waals surface area (Å²) in [5.41, 5.74) is -3.18. The summed E-state index contributed by atoms with van der Waals surface area (Å²) in [6.45, 7) is 5.57. The maximum Gasteiger partial charge on any atom is 0.404 e. The van der Waals surface area contributed by atoms with Crippen LogP contribution in [-0.4, -0.2) is 17.7 Å². The Labute approximate surface area is 112 Å². The lowest BCUT2D eigenvalue weighted by Crippen LogP contribution is -2.49. The third kappa shape index (κ3) is 3.23. The second-order valence-electron chi connectivity index (χ2n) is 6.29. The molecule has 1 fully saturated rings. The lowest BCUT2D eigenvalue weighted by Gasteiger charge is -2.42. The molecule has 1 aliphatic rings. The van der Waals surface area contributed by atoms with Gasteiger partial charge < -0.3 is 4.74 Å². The summed E-state index contributed by atoms with van der Waals surface area (Å²) in [4.78, 5) is 11.9. The van der Waals surface area contributed by atoms with Crippen LogP contribution in [0.3, 0.4) is 0 Å². The topological polar surface area (TPSA) is 26.3 Å². The maximum atomic E-state index is 12.9. The van der Waals surface area contributed by atoms with Gasteiger partial charge in [-0.15, -0.1) is 0 Å². The van der Waals surface area contributed by atoms with Crippen molar-refractivity contribution in [3.63, 3.8) is 0 Å². The highest BCUT2D eigenvalue weighted by Gasteiger charge is 2.56. The molecule has 0 saturated heterocycles. The van der Waals surface area contributed by atoms with Crippen LogP contribution in [0.2, 0.25) is 0 Å². The van der Waals surface area contributed by atoms with Crippen LogP contribution in [0.1, 0.15) is 59.8 Å². The molecule has 0 aromatic heterocycles.